The molecule has 0 fully saturated rings. The number of nitrogens with one attached hydrogen (secondary N) is 1. The molecule has 0 aliphatic rings. The van der Waals surface area contributed by atoms with Crippen LogP contribution in [0.3, 0.4) is 0 Å². The van der Waals surface area contributed by atoms with Gasteiger partial charge in [-0.2, -0.15) is 0 Å². The largest absolute Gasteiger partial charge is 0.404 e. The summed E-state index contributed by atoms with van der Waals surface area (Å²) in [4.78, 5) is 15.5. The van der Waals surface area contributed by atoms with Crippen molar-refractivity contribution >= 4 is 56.2 Å². The second-order valence-electron chi connectivity index (χ2n) is 5.07. The van der Waals surface area contributed by atoms with E-state index < -0.39 is 11.7 Å². The van der Waals surface area contributed by atoms with Gasteiger partial charge in [-0.3, -0.25) is 4.79 Å². The van der Waals surface area contributed by atoms with Gasteiger partial charge in [-0.25, -0.2) is 9.38 Å². The molecular weight excluding hydrogens is 423 g/mol. The van der Waals surface area contributed by atoms with Gasteiger partial charge in [-0.1, -0.05) is 24.2 Å². The number of amidine groups is 1. The van der Waals surface area contributed by atoms with E-state index in [1.165, 1.54) is 24.4 Å². The second-order valence-corrected chi connectivity index (χ2v) is 6.33. The lowest BCUT2D eigenvalue weighted by Crippen LogP contribution is -2.15. The summed E-state index contributed by atoms with van der Waals surface area (Å²) in [7, 11) is 0. The molecule has 0 atom stereocenters. The molecule has 0 saturated heterocycles. The van der Waals surface area contributed by atoms with Crippen LogP contribution in [0.4, 0.5) is 15.8 Å². The lowest BCUT2D eigenvalue weighted by Gasteiger charge is -2.09. The molecule has 0 aromatic heterocycles. The number of nitrogens with two attached hydrogens (primary N) is 2. The van der Waals surface area contributed by atoms with Crippen LogP contribution in [0.5, 0.6) is 0 Å². The lowest BCUT2D eigenvalue weighted by atomic mass is 10.1. The third-order valence-corrected chi connectivity index (χ3v) is 4.53. The van der Waals surface area contributed by atoms with Gasteiger partial charge < -0.3 is 16.8 Å². The zero-order valence-electron chi connectivity index (χ0n) is 13.5. The number of halogens is 3. The predicted molar refractivity (Wildman–Crippen MR) is 108 cm³/mol. The number of nitrogens with zero attached hydrogens (tertiary/aromatic N) is 1. The molecule has 5 N–H and O–H groups in total. The highest BCUT2D eigenvalue weighted by molar-refractivity contribution is 9.10. The molecule has 5 nitrogen and oxygen atoms in total. The van der Waals surface area contributed by atoms with E-state index in [0.29, 0.717) is 26.3 Å². The number of rotatable bonds is 5. The van der Waals surface area contributed by atoms with Crippen LogP contribution in [0.2, 0.25) is 5.02 Å². The van der Waals surface area contributed by atoms with Crippen LogP contribution >= 0.6 is 27.5 Å². The van der Waals surface area contributed by atoms with Gasteiger partial charge in [0.1, 0.15) is 17.3 Å². The Kier molecular flexibility index (Phi) is 6.54. The fraction of sp³-hybridized carbons (Fsp3) is 0. The van der Waals surface area contributed by atoms with Gasteiger partial charge in [-0.05, 0) is 57.9 Å². The molecule has 134 valence electrons. The second kappa shape index (κ2) is 8.64. The van der Waals surface area contributed by atoms with Crippen LogP contribution in [0.25, 0.3) is 5.57 Å². The number of carbonyl (C=O) groups is 1. The summed E-state index contributed by atoms with van der Waals surface area (Å²) >= 11 is 9.30. The molecule has 0 aliphatic carbocycles. The standard InChI is InChI=1S/C18H15BrClFN4O/c1-2-17(26)24-11-4-6-15(21)16(8-11)25-18(23)12(9-22)10-3-5-14(20)13(19)7-10/h2-9H,1,22H2,(H2,23,25)(H,24,26)/b12-9-. The van der Waals surface area contributed by atoms with Crippen LogP contribution in [0, 0.1) is 5.82 Å². The smallest absolute Gasteiger partial charge is 0.247 e. The Hall–Kier alpha value is -2.64. The Labute approximate surface area is 163 Å². The van der Waals surface area contributed by atoms with Gasteiger partial charge in [0, 0.05) is 21.9 Å². The fourth-order valence-corrected chi connectivity index (χ4v) is 2.55. The van der Waals surface area contributed by atoms with Crippen molar-refractivity contribution in [3.8, 4) is 0 Å². The van der Waals surface area contributed by atoms with Crippen LogP contribution < -0.4 is 16.8 Å². The maximum absolute atomic E-state index is 14.1. The van der Waals surface area contributed by atoms with E-state index in [0.717, 1.165) is 6.08 Å². The Bertz CT molecular complexity index is 927. The Balaban J connectivity index is 2.40. The zero-order valence-corrected chi connectivity index (χ0v) is 15.8. The monoisotopic (exact) mass is 436 g/mol. The van der Waals surface area contributed by atoms with E-state index in [-0.39, 0.29) is 11.5 Å². The summed E-state index contributed by atoms with van der Waals surface area (Å²) in [6, 6.07) is 9.04. The summed E-state index contributed by atoms with van der Waals surface area (Å²) in [5.74, 6) is -1.01. The molecule has 2 aromatic carbocycles. The normalized spacial score (nSPS) is 12.0. The van der Waals surface area contributed by atoms with Gasteiger partial charge >= 0.3 is 0 Å². The number of amides is 1. The molecule has 2 rings (SSSR count). The minimum absolute atomic E-state index is 0.00724. The van der Waals surface area contributed by atoms with E-state index >= 15 is 0 Å². The van der Waals surface area contributed by atoms with Gasteiger partial charge in [0.25, 0.3) is 0 Å². The summed E-state index contributed by atoms with van der Waals surface area (Å²) in [6.45, 7) is 3.36. The van der Waals surface area contributed by atoms with Crippen LogP contribution in [-0.4, -0.2) is 11.7 Å². The molecule has 0 aliphatic heterocycles. The third-order valence-electron chi connectivity index (χ3n) is 3.31. The number of aliphatic imine (C=N–C) groups is 1. The van der Waals surface area contributed by atoms with Crippen molar-refractivity contribution in [2.45, 2.75) is 0 Å². The van der Waals surface area contributed by atoms with E-state index in [1.807, 2.05) is 0 Å². The van der Waals surface area contributed by atoms with Gasteiger partial charge in [0.15, 0.2) is 0 Å². The maximum Gasteiger partial charge on any atom is 0.247 e. The minimum atomic E-state index is -0.599. The summed E-state index contributed by atoms with van der Waals surface area (Å²) in [6.07, 6.45) is 2.38. The first-order valence-electron chi connectivity index (χ1n) is 7.30. The maximum atomic E-state index is 14.1. The lowest BCUT2D eigenvalue weighted by molar-refractivity contribution is -0.111. The average Bonchev–Trinajstić information content (AvgIpc) is 2.61. The van der Waals surface area contributed by atoms with Gasteiger partial charge in [0.05, 0.1) is 5.02 Å². The highest BCUT2D eigenvalue weighted by Crippen LogP contribution is 2.28. The quantitative estimate of drug-likeness (QED) is 0.369. The average molecular weight is 438 g/mol. The van der Waals surface area contributed by atoms with Crippen LogP contribution in [-0.2, 0) is 4.79 Å². The molecule has 1 amide bonds. The molecule has 2 aromatic rings. The van der Waals surface area contributed by atoms with E-state index in [9.17, 15) is 9.18 Å². The molecule has 0 bridgehead atoms. The topological polar surface area (TPSA) is 93.5 Å². The van der Waals surface area contributed by atoms with E-state index in [4.69, 9.17) is 23.1 Å². The van der Waals surface area contributed by atoms with Crippen molar-refractivity contribution < 1.29 is 9.18 Å². The SMILES string of the molecule is C=CC(=O)Nc1ccc(F)c(N=C(N)/C(=C\N)c2ccc(Cl)c(Br)c2)c1. The van der Waals surface area contributed by atoms with Crippen molar-refractivity contribution in [2.24, 2.45) is 16.5 Å². The van der Waals surface area contributed by atoms with Crippen molar-refractivity contribution in [1.82, 2.24) is 0 Å². The first kappa shape index (κ1) is 19.7. The minimum Gasteiger partial charge on any atom is -0.404 e. The number of hydrogen-bond donors (Lipinski definition) is 3. The zero-order chi connectivity index (χ0) is 19.3. The highest BCUT2D eigenvalue weighted by Gasteiger charge is 2.11. The molecule has 0 radical (unpaired) electrons. The Morgan fingerprint density at radius 1 is 1.31 bits per heavy atom. The molecule has 8 heteroatoms. The summed E-state index contributed by atoms with van der Waals surface area (Å²) < 4.78 is 14.7. The van der Waals surface area contributed by atoms with E-state index in [1.54, 1.807) is 18.2 Å². The first-order chi connectivity index (χ1) is 12.3. The molecule has 26 heavy (non-hydrogen) atoms. The Morgan fingerprint density at radius 3 is 2.65 bits per heavy atom. The first-order valence-corrected chi connectivity index (χ1v) is 8.47. The Morgan fingerprint density at radius 2 is 2.04 bits per heavy atom. The van der Waals surface area contributed by atoms with Gasteiger partial charge in [0.2, 0.25) is 5.91 Å². The molecule has 0 spiro atoms. The highest BCUT2D eigenvalue weighted by atomic mass is 79.9. The number of anilines is 1. The van der Waals surface area contributed by atoms with E-state index in [2.05, 4.69) is 32.8 Å². The predicted octanol–water partition coefficient (Wildman–Crippen LogP) is 4.35. The number of hydrogen-bond acceptors (Lipinski definition) is 3. The molecule has 0 unspecified atom stereocenters. The van der Waals surface area contributed by atoms with Crippen molar-refractivity contribution in [2.75, 3.05) is 5.32 Å². The molecular formula is C18H15BrClFN4O. The van der Waals surface area contributed by atoms with Crippen LogP contribution in [0.1, 0.15) is 5.56 Å². The fourth-order valence-electron chi connectivity index (χ4n) is 2.05. The van der Waals surface area contributed by atoms with Gasteiger partial charge in [-0.15, -0.1) is 0 Å². The van der Waals surface area contributed by atoms with Crippen molar-refractivity contribution in [1.29, 1.82) is 0 Å². The summed E-state index contributed by atoms with van der Waals surface area (Å²) in [5.41, 5.74) is 13.0. The van der Waals surface area contributed by atoms with Crippen molar-refractivity contribution in [3.05, 3.63) is 76.1 Å². The third kappa shape index (κ3) is 4.71. The molecule has 0 heterocycles. The number of carbonyl (C=O) groups excluding carboxylic acids is 1. The van der Waals surface area contributed by atoms with Crippen molar-refractivity contribution in [3.63, 3.8) is 0 Å². The summed E-state index contributed by atoms with van der Waals surface area (Å²) in [5, 5.41) is 3.05. The van der Waals surface area contributed by atoms with Crippen LogP contribution in [0.15, 0.2) is 64.7 Å². The number of benzene rings is 2. The molecule has 0 saturated carbocycles.